The molecule has 0 aliphatic heterocycles. The molecule has 0 amide bonds. The summed E-state index contributed by atoms with van der Waals surface area (Å²) >= 11 is 0. The third-order valence-corrected chi connectivity index (χ3v) is 1.68. The quantitative estimate of drug-likeness (QED) is 0.507. The highest BCUT2D eigenvalue weighted by atomic mass is 16.6. The van der Waals surface area contributed by atoms with Crippen molar-refractivity contribution >= 4 is 5.97 Å². The van der Waals surface area contributed by atoms with Crippen LogP contribution in [0.4, 0.5) is 0 Å². The minimum Gasteiger partial charge on any atom is -0.460 e. The standard InChI is InChI=1S/C10H18O3/c1-3-5-6-7-9(4-2)13-10(12)8-11/h5-6,9,11H,3-4,7-8H2,1-2H3. The Bertz CT molecular complexity index is 164. The van der Waals surface area contributed by atoms with Crippen molar-refractivity contribution < 1.29 is 14.6 Å². The van der Waals surface area contributed by atoms with Crippen LogP contribution in [0, 0.1) is 0 Å². The van der Waals surface area contributed by atoms with Gasteiger partial charge in [0.2, 0.25) is 0 Å². The number of carbonyl (C=O) groups excluding carboxylic acids is 1. The largest absolute Gasteiger partial charge is 0.460 e. The highest BCUT2D eigenvalue weighted by Crippen LogP contribution is 2.05. The zero-order valence-corrected chi connectivity index (χ0v) is 8.32. The molecule has 0 saturated heterocycles. The van der Waals surface area contributed by atoms with Crippen LogP contribution in [0.25, 0.3) is 0 Å². The fraction of sp³-hybridized carbons (Fsp3) is 0.700. The molecule has 0 aliphatic carbocycles. The molecule has 0 spiro atoms. The lowest BCUT2D eigenvalue weighted by Gasteiger charge is -2.12. The van der Waals surface area contributed by atoms with E-state index < -0.39 is 12.6 Å². The molecular weight excluding hydrogens is 168 g/mol. The first-order valence-corrected chi connectivity index (χ1v) is 4.69. The Morgan fingerprint density at radius 3 is 2.62 bits per heavy atom. The van der Waals surface area contributed by atoms with E-state index in [9.17, 15) is 4.79 Å². The maximum Gasteiger partial charge on any atom is 0.332 e. The molecule has 1 unspecified atom stereocenters. The van der Waals surface area contributed by atoms with Crippen LogP contribution in [0.2, 0.25) is 0 Å². The first-order chi connectivity index (χ1) is 6.24. The number of hydrogen-bond donors (Lipinski definition) is 1. The summed E-state index contributed by atoms with van der Waals surface area (Å²) in [5, 5.41) is 8.46. The van der Waals surface area contributed by atoms with E-state index in [1.807, 2.05) is 19.1 Å². The average molecular weight is 186 g/mol. The third kappa shape index (κ3) is 6.34. The molecule has 3 nitrogen and oxygen atoms in total. The summed E-state index contributed by atoms with van der Waals surface area (Å²) in [6.45, 7) is 3.47. The van der Waals surface area contributed by atoms with Crippen molar-refractivity contribution in [3.63, 3.8) is 0 Å². The highest BCUT2D eigenvalue weighted by molar-refractivity contribution is 5.70. The van der Waals surface area contributed by atoms with Crippen molar-refractivity contribution in [1.29, 1.82) is 0 Å². The molecule has 0 heterocycles. The van der Waals surface area contributed by atoms with Crippen molar-refractivity contribution in [3.05, 3.63) is 12.2 Å². The van der Waals surface area contributed by atoms with Crippen LogP contribution >= 0.6 is 0 Å². The zero-order valence-electron chi connectivity index (χ0n) is 8.32. The average Bonchev–Trinajstić information content (AvgIpc) is 2.16. The molecule has 0 saturated carbocycles. The fourth-order valence-corrected chi connectivity index (χ4v) is 0.936. The van der Waals surface area contributed by atoms with Gasteiger partial charge in [-0.1, -0.05) is 26.0 Å². The number of carbonyl (C=O) groups is 1. The Kier molecular flexibility index (Phi) is 7.30. The highest BCUT2D eigenvalue weighted by Gasteiger charge is 2.09. The molecule has 3 heteroatoms. The van der Waals surface area contributed by atoms with Crippen LogP contribution in [0.1, 0.15) is 33.1 Å². The van der Waals surface area contributed by atoms with E-state index in [1.54, 1.807) is 0 Å². The van der Waals surface area contributed by atoms with Crippen LogP contribution in [-0.2, 0) is 9.53 Å². The molecule has 76 valence electrons. The maximum absolute atomic E-state index is 10.7. The second kappa shape index (κ2) is 7.80. The van der Waals surface area contributed by atoms with E-state index in [1.165, 1.54) is 0 Å². The predicted octanol–water partition coefficient (Wildman–Crippen LogP) is 1.66. The molecule has 0 aromatic rings. The van der Waals surface area contributed by atoms with Gasteiger partial charge in [0.1, 0.15) is 12.7 Å². The second-order valence-corrected chi connectivity index (χ2v) is 2.79. The van der Waals surface area contributed by atoms with Crippen LogP contribution < -0.4 is 0 Å². The van der Waals surface area contributed by atoms with Crippen molar-refractivity contribution in [1.82, 2.24) is 0 Å². The maximum atomic E-state index is 10.7. The van der Waals surface area contributed by atoms with E-state index >= 15 is 0 Å². The number of allylic oxidation sites excluding steroid dienone is 1. The minimum absolute atomic E-state index is 0.0950. The summed E-state index contributed by atoms with van der Waals surface area (Å²) in [4.78, 5) is 10.7. The first kappa shape index (κ1) is 12.2. The number of esters is 1. The summed E-state index contributed by atoms with van der Waals surface area (Å²) in [6, 6.07) is 0. The van der Waals surface area contributed by atoms with Gasteiger partial charge < -0.3 is 9.84 Å². The molecular formula is C10H18O3. The Labute approximate surface area is 79.4 Å². The van der Waals surface area contributed by atoms with Gasteiger partial charge in [0.05, 0.1) is 0 Å². The van der Waals surface area contributed by atoms with Gasteiger partial charge in [-0.05, 0) is 12.8 Å². The number of rotatable bonds is 6. The van der Waals surface area contributed by atoms with Gasteiger partial charge in [0.15, 0.2) is 0 Å². The Hall–Kier alpha value is -0.830. The van der Waals surface area contributed by atoms with E-state index in [4.69, 9.17) is 9.84 Å². The monoisotopic (exact) mass is 186 g/mol. The lowest BCUT2D eigenvalue weighted by atomic mass is 10.2. The minimum atomic E-state index is -0.545. The predicted molar refractivity (Wildman–Crippen MR) is 51.3 cm³/mol. The molecule has 0 radical (unpaired) electrons. The molecule has 0 rings (SSSR count). The second-order valence-electron chi connectivity index (χ2n) is 2.79. The van der Waals surface area contributed by atoms with Crippen LogP contribution in [-0.4, -0.2) is 23.8 Å². The van der Waals surface area contributed by atoms with Crippen molar-refractivity contribution in [2.45, 2.75) is 39.2 Å². The van der Waals surface area contributed by atoms with Gasteiger partial charge >= 0.3 is 5.97 Å². The summed E-state index contributed by atoms with van der Waals surface area (Å²) in [5.74, 6) is -0.545. The Morgan fingerprint density at radius 2 is 2.15 bits per heavy atom. The van der Waals surface area contributed by atoms with Crippen LogP contribution in [0.15, 0.2) is 12.2 Å². The number of aliphatic hydroxyl groups excluding tert-OH is 1. The lowest BCUT2D eigenvalue weighted by Crippen LogP contribution is -2.19. The number of aliphatic hydroxyl groups is 1. The van der Waals surface area contributed by atoms with Gasteiger partial charge in [0, 0.05) is 6.42 Å². The number of hydrogen-bond acceptors (Lipinski definition) is 3. The van der Waals surface area contributed by atoms with Gasteiger partial charge in [-0.3, -0.25) is 0 Å². The topological polar surface area (TPSA) is 46.5 Å². The molecule has 13 heavy (non-hydrogen) atoms. The van der Waals surface area contributed by atoms with Gasteiger partial charge in [0.25, 0.3) is 0 Å². The van der Waals surface area contributed by atoms with Crippen LogP contribution in [0.5, 0.6) is 0 Å². The zero-order chi connectivity index (χ0) is 10.1. The molecule has 0 bridgehead atoms. The lowest BCUT2D eigenvalue weighted by molar-refractivity contribution is -0.152. The summed E-state index contributed by atoms with van der Waals surface area (Å²) in [5.41, 5.74) is 0. The molecule has 0 aliphatic rings. The molecule has 0 aromatic heterocycles. The molecule has 0 fully saturated rings. The van der Waals surface area contributed by atoms with E-state index in [2.05, 4.69) is 6.92 Å². The summed E-state index contributed by atoms with van der Waals surface area (Å²) in [7, 11) is 0. The third-order valence-electron chi connectivity index (χ3n) is 1.68. The van der Waals surface area contributed by atoms with Crippen molar-refractivity contribution in [3.8, 4) is 0 Å². The normalized spacial score (nSPS) is 13.2. The van der Waals surface area contributed by atoms with E-state index in [-0.39, 0.29) is 6.10 Å². The van der Waals surface area contributed by atoms with E-state index in [0.29, 0.717) is 0 Å². The van der Waals surface area contributed by atoms with Crippen molar-refractivity contribution in [2.24, 2.45) is 0 Å². The Balaban J connectivity index is 3.75. The summed E-state index contributed by atoms with van der Waals surface area (Å²) < 4.78 is 4.96. The first-order valence-electron chi connectivity index (χ1n) is 4.69. The molecule has 1 N–H and O–H groups in total. The smallest absolute Gasteiger partial charge is 0.332 e. The van der Waals surface area contributed by atoms with Gasteiger partial charge in [-0.15, -0.1) is 0 Å². The van der Waals surface area contributed by atoms with Gasteiger partial charge in [-0.2, -0.15) is 0 Å². The van der Waals surface area contributed by atoms with Gasteiger partial charge in [-0.25, -0.2) is 4.79 Å². The summed E-state index contributed by atoms with van der Waals surface area (Å²) in [6.07, 6.45) is 6.44. The fourth-order valence-electron chi connectivity index (χ4n) is 0.936. The molecule has 1 atom stereocenters. The van der Waals surface area contributed by atoms with Crippen LogP contribution in [0.3, 0.4) is 0 Å². The Morgan fingerprint density at radius 1 is 1.46 bits per heavy atom. The number of ether oxygens (including phenoxy) is 1. The van der Waals surface area contributed by atoms with E-state index in [0.717, 1.165) is 19.3 Å². The van der Waals surface area contributed by atoms with Crippen molar-refractivity contribution in [2.75, 3.05) is 6.61 Å². The molecule has 0 aromatic carbocycles. The SMILES string of the molecule is CCC=CCC(CC)OC(=O)CO.